The summed E-state index contributed by atoms with van der Waals surface area (Å²) >= 11 is 0. The molecule has 5 nitrogen and oxygen atoms in total. The van der Waals surface area contributed by atoms with Gasteiger partial charge in [-0.25, -0.2) is 0 Å². The van der Waals surface area contributed by atoms with E-state index in [-0.39, 0.29) is 11.2 Å². The number of likely N-dealkylation sites (tertiary alicyclic amines) is 1. The molecule has 2 heterocycles. The van der Waals surface area contributed by atoms with Gasteiger partial charge >= 0.3 is 0 Å². The molecule has 0 radical (unpaired) electrons. The van der Waals surface area contributed by atoms with Crippen molar-refractivity contribution in [2.24, 2.45) is 11.3 Å². The number of rotatable bonds is 4. The van der Waals surface area contributed by atoms with Gasteiger partial charge in [0.25, 0.3) is 0 Å². The van der Waals surface area contributed by atoms with Gasteiger partial charge in [-0.15, -0.1) is 0 Å². The minimum absolute atomic E-state index is 0.0130. The molecule has 0 aromatic rings. The van der Waals surface area contributed by atoms with Crippen LogP contribution in [0.2, 0.25) is 0 Å². The van der Waals surface area contributed by atoms with E-state index in [1.54, 1.807) is 0 Å². The van der Waals surface area contributed by atoms with Crippen LogP contribution in [0.15, 0.2) is 0 Å². The van der Waals surface area contributed by atoms with Gasteiger partial charge in [-0.2, -0.15) is 0 Å². The van der Waals surface area contributed by atoms with Crippen LogP contribution in [0, 0.1) is 11.3 Å². The molecule has 0 bridgehead atoms. The zero-order valence-electron chi connectivity index (χ0n) is 23.8. The largest absolute Gasteiger partial charge is 0.360 e. The van der Waals surface area contributed by atoms with E-state index >= 15 is 0 Å². The molecule has 2 aliphatic heterocycles. The Morgan fingerprint density at radius 1 is 0.562 bits per heavy atom. The van der Waals surface area contributed by atoms with Gasteiger partial charge in [0.05, 0.1) is 24.7 Å². The molecule has 0 aromatic carbocycles. The highest BCUT2D eigenvalue weighted by molar-refractivity contribution is 4.82. The predicted molar refractivity (Wildman–Crippen MR) is 138 cm³/mol. The third-order valence-corrected chi connectivity index (χ3v) is 6.49. The van der Waals surface area contributed by atoms with E-state index in [9.17, 15) is 0 Å². The maximum Gasteiger partial charge on any atom is 0.0998 e. The standard InChI is InChI=1S/C14H29NO.C13H28N2O/c1-13(2,3)12-7-9-15(10-8-12)11-16-14(4,5)6;1-12(2,3)15-9-7-14(8-10-15)11-16-13(4,5)6/h12H,7-11H2,1-6H3;7-11H2,1-6H3. The third-order valence-electron chi connectivity index (χ3n) is 6.49. The van der Waals surface area contributed by atoms with Gasteiger partial charge in [-0.1, -0.05) is 20.8 Å². The molecule has 192 valence electrons. The Bertz CT molecular complexity index is 459. The highest BCUT2D eigenvalue weighted by atomic mass is 16.5. The van der Waals surface area contributed by atoms with Crippen LogP contribution in [0.25, 0.3) is 0 Å². The number of hydrogen-bond donors (Lipinski definition) is 0. The summed E-state index contributed by atoms with van der Waals surface area (Å²) in [7, 11) is 0. The molecule has 0 saturated carbocycles. The molecule has 2 aliphatic rings. The van der Waals surface area contributed by atoms with Crippen molar-refractivity contribution in [2.45, 2.75) is 113 Å². The first kappa shape index (κ1) is 29.8. The zero-order valence-corrected chi connectivity index (χ0v) is 23.8. The van der Waals surface area contributed by atoms with Gasteiger partial charge < -0.3 is 9.47 Å². The molecule has 0 aromatic heterocycles. The average Bonchev–Trinajstić information content (AvgIpc) is 2.63. The number of piperazine rings is 1. The van der Waals surface area contributed by atoms with Crippen molar-refractivity contribution in [3.05, 3.63) is 0 Å². The average molecular weight is 456 g/mol. The van der Waals surface area contributed by atoms with Gasteiger partial charge in [-0.3, -0.25) is 14.7 Å². The first-order valence-electron chi connectivity index (χ1n) is 12.8. The lowest BCUT2D eigenvalue weighted by atomic mass is 9.75. The van der Waals surface area contributed by atoms with Gasteiger partial charge in [0.15, 0.2) is 0 Å². The number of hydrogen-bond acceptors (Lipinski definition) is 5. The summed E-state index contributed by atoms with van der Waals surface area (Å²) in [5, 5.41) is 0. The quantitative estimate of drug-likeness (QED) is 0.543. The Labute approximate surface area is 201 Å². The summed E-state index contributed by atoms with van der Waals surface area (Å²) in [6.45, 7) is 35.1. The van der Waals surface area contributed by atoms with Crippen LogP contribution in [0.3, 0.4) is 0 Å². The van der Waals surface area contributed by atoms with E-state index in [0.29, 0.717) is 11.0 Å². The van der Waals surface area contributed by atoms with E-state index in [0.717, 1.165) is 45.6 Å². The summed E-state index contributed by atoms with van der Waals surface area (Å²) in [6.07, 6.45) is 2.63. The van der Waals surface area contributed by atoms with Crippen LogP contribution in [-0.2, 0) is 9.47 Å². The normalized spacial score (nSPS) is 21.4. The van der Waals surface area contributed by atoms with E-state index in [4.69, 9.17) is 9.47 Å². The smallest absolute Gasteiger partial charge is 0.0998 e. The zero-order chi connectivity index (χ0) is 24.8. The van der Waals surface area contributed by atoms with Crippen molar-refractivity contribution in [1.82, 2.24) is 14.7 Å². The molecule has 32 heavy (non-hydrogen) atoms. The minimum atomic E-state index is -0.0266. The second-order valence-electron chi connectivity index (χ2n) is 13.8. The molecule has 2 rings (SSSR count). The Kier molecular flexibility index (Phi) is 11.2. The highest BCUT2D eigenvalue weighted by Gasteiger charge is 2.29. The Morgan fingerprint density at radius 2 is 0.938 bits per heavy atom. The van der Waals surface area contributed by atoms with Gasteiger partial charge in [0.1, 0.15) is 0 Å². The van der Waals surface area contributed by atoms with Crippen molar-refractivity contribution in [1.29, 1.82) is 0 Å². The van der Waals surface area contributed by atoms with Crippen molar-refractivity contribution in [2.75, 3.05) is 52.7 Å². The summed E-state index contributed by atoms with van der Waals surface area (Å²) < 4.78 is 11.6. The van der Waals surface area contributed by atoms with E-state index in [1.165, 1.54) is 25.9 Å². The molecule has 2 saturated heterocycles. The maximum absolute atomic E-state index is 5.82. The fourth-order valence-electron chi connectivity index (χ4n) is 4.05. The molecular formula is C27H57N3O2. The lowest BCUT2D eigenvalue weighted by Crippen LogP contribution is -2.54. The second kappa shape index (κ2) is 12.0. The second-order valence-corrected chi connectivity index (χ2v) is 13.8. The van der Waals surface area contributed by atoms with Gasteiger partial charge in [-0.05, 0) is 86.5 Å². The van der Waals surface area contributed by atoms with Crippen molar-refractivity contribution >= 4 is 0 Å². The van der Waals surface area contributed by atoms with E-state index in [2.05, 4.69) is 97.8 Å². The summed E-state index contributed by atoms with van der Waals surface area (Å²) in [4.78, 5) is 7.38. The molecule has 0 amide bonds. The topological polar surface area (TPSA) is 28.2 Å². The lowest BCUT2D eigenvalue weighted by Gasteiger charge is -2.42. The SMILES string of the molecule is CC(C)(C)OCN1CCC(C(C)(C)C)CC1.CC(C)(C)OCN1CCN(C(C)(C)C)CC1. The number of nitrogens with zero attached hydrogens (tertiary/aromatic N) is 3. The predicted octanol–water partition coefficient (Wildman–Crippen LogP) is 5.69. The molecule has 5 heteroatoms. The number of piperidine rings is 1. The van der Waals surface area contributed by atoms with E-state index < -0.39 is 0 Å². The molecule has 0 spiro atoms. The van der Waals surface area contributed by atoms with Crippen molar-refractivity contribution in [3.8, 4) is 0 Å². The van der Waals surface area contributed by atoms with Crippen molar-refractivity contribution in [3.63, 3.8) is 0 Å². The number of ether oxygens (including phenoxy) is 2. The van der Waals surface area contributed by atoms with Crippen LogP contribution in [-0.4, -0.2) is 84.2 Å². The summed E-state index contributed by atoms with van der Waals surface area (Å²) in [5.74, 6) is 0.874. The van der Waals surface area contributed by atoms with Crippen molar-refractivity contribution < 1.29 is 9.47 Å². The summed E-state index contributed by atoms with van der Waals surface area (Å²) in [6, 6.07) is 0. The molecule has 0 atom stereocenters. The highest BCUT2D eigenvalue weighted by Crippen LogP contribution is 2.34. The fourth-order valence-corrected chi connectivity index (χ4v) is 4.05. The summed E-state index contributed by atoms with van der Waals surface area (Å²) in [5.41, 5.74) is 0.732. The Hall–Kier alpha value is -0.200. The maximum atomic E-state index is 5.82. The molecule has 0 aliphatic carbocycles. The first-order chi connectivity index (χ1) is 14.4. The van der Waals surface area contributed by atoms with Gasteiger partial charge in [0.2, 0.25) is 0 Å². The molecule has 0 unspecified atom stereocenters. The first-order valence-corrected chi connectivity index (χ1v) is 12.8. The third kappa shape index (κ3) is 12.9. The van der Waals surface area contributed by atoms with E-state index in [1.807, 2.05) is 0 Å². The molecular weight excluding hydrogens is 398 g/mol. The van der Waals surface area contributed by atoms with Crippen LogP contribution in [0.1, 0.15) is 95.9 Å². The van der Waals surface area contributed by atoms with Crippen LogP contribution in [0.5, 0.6) is 0 Å². The fraction of sp³-hybridized carbons (Fsp3) is 1.00. The molecule has 0 N–H and O–H groups in total. The Balaban J connectivity index is 0.000000320. The van der Waals surface area contributed by atoms with Crippen LogP contribution in [0.4, 0.5) is 0 Å². The van der Waals surface area contributed by atoms with Crippen LogP contribution >= 0.6 is 0 Å². The lowest BCUT2D eigenvalue weighted by molar-refractivity contribution is -0.0796. The molecule has 2 fully saturated rings. The minimum Gasteiger partial charge on any atom is -0.360 e. The van der Waals surface area contributed by atoms with Crippen LogP contribution < -0.4 is 0 Å². The van der Waals surface area contributed by atoms with Gasteiger partial charge in [0, 0.05) is 44.8 Å². The monoisotopic (exact) mass is 455 g/mol. The Morgan fingerprint density at radius 3 is 1.25 bits per heavy atom.